The Morgan fingerprint density at radius 2 is 1.69 bits per heavy atom. The molecule has 4 heteroatoms. The lowest BCUT2D eigenvalue weighted by Crippen LogP contribution is -2.26. The minimum absolute atomic E-state index is 0.107. The van der Waals surface area contributed by atoms with Crippen molar-refractivity contribution < 1.29 is 4.79 Å². The summed E-state index contributed by atoms with van der Waals surface area (Å²) in [5, 5.41) is 6.35. The molecule has 26 heavy (non-hydrogen) atoms. The van der Waals surface area contributed by atoms with Crippen LogP contribution >= 0.6 is 0 Å². The van der Waals surface area contributed by atoms with E-state index in [9.17, 15) is 4.79 Å². The average molecular weight is 345 g/mol. The molecule has 0 radical (unpaired) electrons. The molecule has 0 saturated heterocycles. The summed E-state index contributed by atoms with van der Waals surface area (Å²) >= 11 is 0. The van der Waals surface area contributed by atoms with Crippen molar-refractivity contribution in [3.63, 3.8) is 0 Å². The third-order valence-electron chi connectivity index (χ3n) is 4.23. The first-order valence-electron chi connectivity index (χ1n) is 8.81. The summed E-state index contributed by atoms with van der Waals surface area (Å²) in [6.07, 6.45) is 4.14. The zero-order valence-corrected chi connectivity index (χ0v) is 14.9. The van der Waals surface area contributed by atoms with Crippen LogP contribution in [0.2, 0.25) is 0 Å². The zero-order valence-electron chi connectivity index (χ0n) is 14.9. The van der Waals surface area contributed by atoms with Crippen molar-refractivity contribution >= 4 is 11.6 Å². The van der Waals surface area contributed by atoms with Gasteiger partial charge in [-0.15, -0.1) is 0 Å². The molecule has 0 spiro atoms. The SMILES string of the molecule is CC(Nc1cncc(C(=O)NCCc2ccccc2)c1)c1ccccc1. The molecule has 1 atom stereocenters. The molecule has 1 amide bonds. The van der Waals surface area contributed by atoms with Crippen LogP contribution in [0.5, 0.6) is 0 Å². The Morgan fingerprint density at radius 1 is 1.00 bits per heavy atom. The monoisotopic (exact) mass is 345 g/mol. The summed E-state index contributed by atoms with van der Waals surface area (Å²) in [6, 6.07) is 22.3. The number of benzene rings is 2. The Bertz CT molecular complexity index is 834. The van der Waals surface area contributed by atoms with E-state index in [0.717, 1.165) is 12.1 Å². The van der Waals surface area contributed by atoms with Crippen LogP contribution in [0, 0.1) is 0 Å². The molecule has 4 nitrogen and oxygen atoms in total. The van der Waals surface area contributed by atoms with E-state index in [2.05, 4.69) is 46.8 Å². The van der Waals surface area contributed by atoms with Crippen LogP contribution in [0.15, 0.2) is 79.1 Å². The van der Waals surface area contributed by atoms with Crippen LogP contribution in [-0.4, -0.2) is 17.4 Å². The van der Waals surface area contributed by atoms with Crippen LogP contribution < -0.4 is 10.6 Å². The van der Waals surface area contributed by atoms with E-state index in [4.69, 9.17) is 0 Å². The lowest BCUT2D eigenvalue weighted by molar-refractivity contribution is 0.0954. The highest BCUT2D eigenvalue weighted by Crippen LogP contribution is 2.19. The summed E-state index contributed by atoms with van der Waals surface area (Å²) in [7, 11) is 0. The standard InChI is InChI=1S/C22H23N3O/c1-17(19-10-6-3-7-11-19)25-21-14-20(15-23-16-21)22(26)24-13-12-18-8-4-2-5-9-18/h2-11,14-17,25H,12-13H2,1H3,(H,24,26). The number of carbonyl (C=O) groups excluding carboxylic acids is 1. The Labute approximate surface area is 154 Å². The molecule has 0 aliphatic heterocycles. The number of amides is 1. The number of anilines is 1. The van der Waals surface area contributed by atoms with Gasteiger partial charge in [0.05, 0.1) is 11.3 Å². The van der Waals surface area contributed by atoms with Crippen LogP contribution in [0.1, 0.15) is 34.5 Å². The largest absolute Gasteiger partial charge is 0.377 e. The van der Waals surface area contributed by atoms with Crippen molar-refractivity contribution in [2.45, 2.75) is 19.4 Å². The predicted molar refractivity (Wildman–Crippen MR) is 105 cm³/mol. The normalized spacial score (nSPS) is 11.6. The molecule has 0 aliphatic carbocycles. The van der Waals surface area contributed by atoms with Gasteiger partial charge in [-0.2, -0.15) is 0 Å². The molecular formula is C22H23N3O. The van der Waals surface area contributed by atoms with Gasteiger partial charge in [0.15, 0.2) is 0 Å². The molecule has 2 N–H and O–H groups in total. The molecule has 0 fully saturated rings. The number of aromatic nitrogens is 1. The van der Waals surface area contributed by atoms with Gasteiger partial charge in [-0.25, -0.2) is 0 Å². The molecule has 0 bridgehead atoms. The number of pyridine rings is 1. The molecular weight excluding hydrogens is 322 g/mol. The first-order valence-corrected chi connectivity index (χ1v) is 8.81. The second kappa shape index (κ2) is 8.81. The summed E-state index contributed by atoms with van der Waals surface area (Å²) in [4.78, 5) is 16.6. The highest BCUT2D eigenvalue weighted by Gasteiger charge is 2.09. The van der Waals surface area contributed by atoms with Crippen molar-refractivity contribution in [2.24, 2.45) is 0 Å². The highest BCUT2D eigenvalue weighted by molar-refractivity contribution is 5.94. The molecule has 2 aromatic carbocycles. The molecule has 1 unspecified atom stereocenters. The van der Waals surface area contributed by atoms with Gasteiger partial charge in [-0.3, -0.25) is 9.78 Å². The van der Waals surface area contributed by atoms with E-state index >= 15 is 0 Å². The number of nitrogens with one attached hydrogen (secondary N) is 2. The molecule has 132 valence electrons. The number of carbonyl (C=O) groups is 1. The Morgan fingerprint density at radius 3 is 2.42 bits per heavy atom. The second-order valence-electron chi connectivity index (χ2n) is 6.23. The average Bonchev–Trinajstić information content (AvgIpc) is 2.69. The summed E-state index contributed by atoms with van der Waals surface area (Å²) < 4.78 is 0. The lowest BCUT2D eigenvalue weighted by Gasteiger charge is -2.16. The fourth-order valence-corrected chi connectivity index (χ4v) is 2.79. The third kappa shape index (κ3) is 4.93. The van der Waals surface area contributed by atoms with Crippen molar-refractivity contribution in [1.29, 1.82) is 0 Å². The van der Waals surface area contributed by atoms with E-state index in [0.29, 0.717) is 12.1 Å². The van der Waals surface area contributed by atoms with Gasteiger partial charge >= 0.3 is 0 Å². The zero-order chi connectivity index (χ0) is 18.2. The Balaban J connectivity index is 1.57. The summed E-state index contributed by atoms with van der Waals surface area (Å²) in [6.45, 7) is 2.68. The maximum atomic E-state index is 12.4. The Kier molecular flexibility index (Phi) is 5.99. The van der Waals surface area contributed by atoms with E-state index in [1.807, 2.05) is 42.5 Å². The van der Waals surface area contributed by atoms with Crippen LogP contribution in [0.3, 0.4) is 0 Å². The topological polar surface area (TPSA) is 54.0 Å². The van der Waals surface area contributed by atoms with Gasteiger partial charge in [0, 0.05) is 25.0 Å². The molecule has 0 aliphatic rings. The molecule has 1 aromatic heterocycles. The number of rotatable bonds is 7. The fourth-order valence-electron chi connectivity index (χ4n) is 2.79. The maximum absolute atomic E-state index is 12.4. The van der Waals surface area contributed by atoms with Crippen LogP contribution in [-0.2, 0) is 6.42 Å². The number of hydrogen-bond acceptors (Lipinski definition) is 3. The highest BCUT2D eigenvalue weighted by atomic mass is 16.1. The van der Waals surface area contributed by atoms with Crippen molar-refractivity contribution in [2.75, 3.05) is 11.9 Å². The fraction of sp³-hybridized carbons (Fsp3) is 0.182. The molecule has 3 aromatic rings. The minimum atomic E-state index is -0.107. The first kappa shape index (κ1) is 17.7. The van der Waals surface area contributed by atoms with Gasteiger partial charge in [-0.1, -0.05) is 60.7 Å². The predicted octanol–water partition coefficient (Wildman–Crippen LogP) is 4.23. The second-order valence-corrected chi connectivity index (χ2v) is 6.23. The van der Waals surface area contributed by atoms with Crippen molar-refractivity contribution in [3.8, 4) is 0 Å². The smallest absolute Gasteiger partial charge is 0.252 e. The van der Waals surface area contributed by atoms with Gasteiger partial charge in [-0.05, 0) is 30.5 Å². The number of nitrogens with zero attached hydrogens (tertiary/aromatic N) is 1. The van der Waals surface area contributed by atoms with Gasteiger partial charge < -0.3 is 10.6 Å². The maximum Gasteiger partial charge on any atom is 0.252 e. The number of hydrogen-bond donors (Lipinski definition) is 2. The van der Waals surface area contributed by atoms with Crippen molar-refractivity contribution in [1.82, 2.24) is 10.3 Å². The molecule has 3 rings (SSSR count). The minimum Gasteiger partial charge on any atom is -0.377 e. The first-order chi connectivity index (χ1) is 12.7. The van der Waals surface area contributed by atoms with E-state index in [-0.39, 0.29) is 11.9 Å². The van der Waals surface area contributed by atoms with E-state index in [1.54, 1.807) is 12.4 Å². The lowest BCUT2D eigenvalue weighted by atomic mass is 10.1. The summed E-state index contributed by atoms with van der Waals surface area (Å²) in [5.41, 5.74) is 3.78. The van der Waals surface area contributed by atoms with Gasteiger partial charge in [0.1, 0.15) is 0 Å². The van der Waals surface area contributed by atoms with Crippen molar-refractivity contribution in [3.05, 3.63) is 95.8 Å². The Hall–Kier alpha value is -3.14. The van der Waals surface area contributed by atoms with Crippen LogP contribution in [0.25, 0.3) is 0 Å². The van der Waals surface area contributed by atoms with E-state index in [1.165, 1.54) is 11.1 Å². The molecule has 0 saturated carbocycles. The molecule has 1 heterocycles. The quantitative estimate of drug-likeness (QED) is 0.674. The van der Waals surface area contributed by atoms with Crippen LogP contribution in [0.4, 0.5) is 5.69 Å². The van der Waals surface area contributed by atoms with Gasteiger partial charge in [0.25, 0.3) is 5.91 Å². The van der Waals surface area contributed by atoms with E-state index < -0.39 is 0 Å². The van der Waals surface area contributed by atoms with Gasteiger partial charge in [0.2, 0.25) is 0 Å². The third-order valence-corrected chi connectivity index (χ3v) is 4.23. The summed E-state index contributed by atoms with van der Waals surface area (Å²) in [5.74, 6) is -0.107.